The molecule has 3 heteroatoms. The van der Waals surface area contributed by atoms with E-state index < -0.39 is 0 Å². The Morgan fingerprint density at radius 3 is 2.21 bits per heavy atom. The summed E-state index contributed by atoms with van der Waals surface area (Å²) in [6, 6.07) is 0. The molecule has 0 spiro atoms. The van der Waals surface area contributed by atoms with E-state index >= 15 is 0 Å². The van der Waals surface area contributed by atoms with Crippen molar-refractivity contribution in [1.29, 1.82) is 0 Å². The second kappa shape index (κ2) is 10.9. The van der Waals surface area contributed by atoms with Crippen LogP contribution < -0.4 is 5.43 Å². The lowest BCUT2D eigenvalue weighted by Crippen LogP contribution is -2.24. The number of rotatable bonds is 12. The predicted octanol–water partition coefficient (Wildman–Crippen LogP) is 5.84. The van der Waals surface area contributed by atoms with Crippen LogP contribution in [-0.4, -0.2) is 11.6 Å². The van der Waals surface area contributed by atoms with Crippen LogP contribution in [-0.2, 0) is 4.79 Å². The van der Waals surface area contributed by atoms with Crippen LogP contribution in [0.3, 0.4) is 0 Å². The van der Waals surface area contributed by atoms with Gasteiger partial charge in [0.05, 0.1) is 0 Å². The van der Waals surface area contributed by atoms with Crippen molar-refractivity contribution in [2.45, 2.75) is 104 Å². The second-order valence-corrected chi connectivity index (χ2v) is 8.15. The molecule has 0 aromatic rings. The fraction of sp³-hybridized carbons (Fsp3) is 0.905. The number of unbranched alkanes of at least 4 members (excludes halogenated alkanes) is 8. The number of fused-ring (bicyclic) bond motifs is 2. The highest BCUT2D eigenvalue weighted by Crippen LogP contribution is 2.48. The minimum atomic E-state index is 0.0976. The summed E-state index contributed by atoms with van der Waals surface area (Å²) in [5.74, 6) is 2.51. The van der Waals surface area contributed by atoms with Crippen LogP contribution in [0.1, 0.15) is 104 Å². The fourth-order valence-corrected chi connectivity index (χ4v) is 4.64. The number of hydrogen-bond acceptors (Lipinski definition) is 2. The molecule has 24 heavy (non-hydrogen) atoms. The average molecular weight is 335 g/mol. The molecule has 2 fully saturated rings. The Morgan fingerprint density at radius 1 is 0.958 bits per heavy atom. The highest BCUT2D eigenvalue weighted by atomic mass is 16.2. The van der Waals surface area contributed by atoms with Gasteiger partial charge in [-0.05, 0) is 44.4 Å². The smallest absolute Gasteiger partial charge is 0.240 e. The number of hydrogen-bond donors (Lipinski definition) is 1. The van der Waals surface area contributed by atoms with Crippen molar-refractivity contribution in [1.82, 2.24) is 5.43 Å². The van der Waals surface area contributed by atoms with Gasteiger partial charge in [-0.1, -0.05) is 64.7 Å². The topological polar surface area (TPSA) is 41.5 Å². The fourth-order valence-electron chi connectivity index (χ4n) is 4.64. The Balaban J connectivity index is 1.47. The predicted molar refractivity (Wildman–Crippen MR) is 102 cm³/mol. The molecule has 2 bridgehead atoms. The third kappa shape index (κ3) is 6.57. The summed E-state index contributed by atoms with van der Waals surface area (Å²) >= 11 is 0. The van der Waals surface area contributed by atoms with Crippen LogP contribution in [0, 0.1) is 17.8 Å². The van der Waals surface area contributed by atoms with Crippen molar-refractivity contribution in [3.63, 3.8) is 0 Å². The number of nitrogens with one attached hydrogen (secondary N) is 1. The zero-order chi connectivity index (χ0) is 17.2. The first-order valence-electron chi connectivity index (χ1n) is 10.5. The third-order valence-electron chi connectivity index (χ3n) is 6.14. The van der Waals surface area contributed by atoms with Crippen LogP contribution in [0.15, 0.2) is 5.10 Å². The van der Waals surface area contributed by atoms with E-state index in [1.165, 1.54) is 77.0 Å². The lowest BCUT2D eigenvalue weighted by molar-refractivity contribution is -0.121. The standard InChI is InChI=1S/C21H38N2O/c1-3-4-5-6-7-8-9-10-11-12-21(24)23-22-17(2)20-16-18-13-14-19(20)15-18/h18-20H,3-16H2,1-2H3,(H,23,24). The van der Waals surface area contributed by atoms with Gasteiger partial charge in [-0.15, -0.1) is 0 Å². The zero-order valence-electron chi connectivity index (χ0n) is 16.0. The van der Waals surface area contributed by atoms with Gasteiger partial charge >= 0.3 is 0 Å². The van der Waals surface area contributed by atoms with Crippen molar-refractivity contribution in [2.24, 2.45) is 22.9 Å². The quantitative estimate of drug-likeness (QED) is 0.272. The molecule has 1 amide bonds. The van der Waals surface area contributed by atoms with Gasteiger partial charge in [-0.3, -0.25) is 4.79 Å². The van der Waals surface area contributed by atoms with Crippen molar-refractivity contribution < 1.29 is 4.79 Å². The molecular weight excluding hydrogens is 296 g/mol. The van der Waals surface area contributed by atoms with E-state index in [9.17, 15) is 4.79 Å². The molecular formula is C21H38N2O. The Kier molecular flexibility index (Phi) is 8.83. The summed E-state index contributed by atoms with van der Waals surface area (Å²) in [5.41, 5.74) is 3.95. The Hall–Kier alpha value is -0.860. The molecule has 0 aromatic heterocycles. The molecule has 0 aliphatic heterocycles. The maximum Gasteiger partial charge on any atom is 0.240 e. The first-order chi connectivity index (χ1) is 11.7. The van der Waals surface area contributed by atoms with Crippen LogP contribution >= 0.6 is 0 Å². The Bertz CT molecular complexity index is 405. The van der Waals surface area contributed by atoms with E-state index in [-0.39, 0.29) is 5.91 Å². The molecule has 2 rings (SSSR count). The molecule has 3 unspecified atom stereocenters. The van der Waals surface area contributed by atoms with Gasteiger partial charge in [-0.2, -0.15) is 5.10 Å². The maximum atomic E-state index is 11.9. The lowest BCUT2D eigenvalue weighted by Gasteiger charge is -2.21. The first kappa shape index (κ1) is 19.5. The highest BCUT2D eigenvalue weighted by Gasteiger charge is 2.40. The average Bonchev–Trinajstić information content (AvgIpc) is 3.21. The van der Waals surface area contributed by atoms with Crippen LogP contribution in [0.25, 0.3) is 0 Å². The van der Waals surface area contributed by atoms with Gasteiger partial charge in [0.1, 0.15) is 0 Å². The summed E-state index contributed by atoms with van der Waals surface area (Å²) in [7, 11) is 0. The number of nitrogens with zero attached hydrogens (tertiary/aromatic N) is 1. The lowest BCUT2D eigenvalue weighted by atomic mass is 9.86. The number of hydrazone groups is 1. The van der Waals surface area contributed by atoms with E-state index in [0.717, 1.165) is 24.0 Å². The Labute approximate surface area is 149 Å². The van der Waals surface area contributed by atoms with Crippen molar-refractivity contribution >= 4 is 11.6 Å². The second-order valence-electron chi connectivity index (χ2n) is 8.15. The molecule has 0 radical (unpaired) electrons. The van der Waals surface area contributed by atoms with Crippen LogP contribution in [0.5, 0.6) is 0 Å². The molecule has 0 aromatic carbocycles. The molecule has 1 N–H and O–H groups in total. The summed E-state index contributed by atoms with van der Waals surface area (Å²) in [4.78, 5) is 11.9. The maximum absolute atomic E-state index is 11.9. The van der Waals surface area contributed by atoms with Gasteiger partial charge in [0.25, 0.3) is 0 Å². The molecule has 2 aliphatic rings. The van der Waals surface area contributed by atoms with Gasteiger partial charge < -0.3 is 0 Å². The van der Waals surface area contributed by atoms with Gasteiger partial charge in [0.15, 0.2) is 0 Å². The van der Waals surface area contributed by atoms with Crippen molar-refractivity contribution in [3.8, 4) is 0 Å². The van der Waals surface area contributed by atoms with E-state index in [1.807, 2.05) is 0 Å². The van der Waals surface area contributed by atoms with Gasteiger partial charge in [-0.25, -0.2) is 5.43 Å². The number of amides is 1. The van der Waals surface area contributed by atoms with E-state index in [4.69, 9.17) is 0 Å². The summed E-state index contributed by atoms with van der Waals surface area (Å²) in [5, 5.41) is 4.40. The van der Waals surface area contributed by atoms with E-state index in [1.54, 1.807) is 0 Å². The van der Waals surface area contributed by atoms with Crippen molar-refractivity contribution in [3.05, 3.63) is 0 Å². The minimum Gasteiger partial charge on any atom is -0.273 e. The normalized spacial score (nSPS) is 26.1. The largest absolute Gasteiger partial charge is 0.273 e. The van der Waals surface area contributed by atoms with Crippen LogP contribution in [0.4, 0.5) is 0 Å². The zero-order valence-corrected chi connectivity index (χ0v) is 16.0. The van der Waals surface area contributed by atoms with E-state index in [0.29, 0.717) is 12.3 Å². The third-order valence-corrected chi connectivity index (χ3v) is 6.14. The molecule has 0 saturated heterocycles. The van der Waals surface area contributed by atoms with Crippen molar-refractivity contribution in [2.75, 3.05) is 0 Å². The summed E-state index contributed by atoms with van der Waals surface area (Å²) < 4.78 is 0. The molecule has 138 valence electrons. The van der Waals surface area contributed by atoms with Crippen LogP contribution in [0.2, 0.25) is 0 Å². The number of carbonyl (C=O) groups is 1. The molecule has 3 atom stereocenters. The molecule has 0 heterocycles. The summed E-state index contributed by atoms with van der Waals surface area (Å²) in [6.45, 7) is 4.36. The molecule has 2 saturated carbocycles. The Morgan fingerprint density at radius 2 is 1.62 bits per heavy atom. The highest BCUT2D eigenvalue weighted by molar-refractivity contribution is 5.86. The number of carbonyl (C=O) groups excluding carboxylic acids is 1. The van der Waals surface area contributed by atoms with Gasteiger partial charge in [0.2, 0.25) is 5.91 Å². The SMILES string of the molecule is CCCCCCCCCCCC(=O)NN=C(C)C1CC2CCC1C2. The summed E-state index contributed by atoms with van der Waals surface area (Å²) in [6.07, 6.45) is 17.7. The van der Waals surface area contributed by atoms with E-state index in [2.05, 4.69) is 24.4 Å². The molecule has 2 aliphatic carbocycles. The molecule has 3 nitrogen and oxygen atoms in total. The van der Waals surface area contributed by atoms with Gasteiger partial charge in [0, 0.05) is 18.1 Å². The monoisotopic (exact) mass is 334 g/mol. The minimum absolute atomic E-state index is 0.0976. The first-order valence-corrected chi connectivity index (χ1v) is 10.5.